The molecule has 1 amide bonds. The molecule has 1 aliphatic carbocycles. The first-order chi connectivity index (χ1) is 10.1. The van der Waals surface area contributed by atoms with Crippen LogP contribution in [0.2, 0.25) is 0 Å². The zero-order valence-electron chi connectivity index (χ0n) is 11.5. The van der Waals surface area contributed by atoms with Crippen molar-refractivity contribution in [3.8, 4) is 0 Å². The highest BCUT2D eigenvalue weighted by atomic mass is 32.1. The van der Waals surface area contributed by atoms with Crippen LogP contribution >= 0.6 is 12.2 Å². The highest BCUT2D eigenvalue weighted by Crippen LogP contribution is 2.40. The van der Waals surface area contributed by atoms with Gasteiger partial charge in [0.15, 0.2) is 0 Å². The Bertz CT molecular complexity index is 684. The fraction of sp³-hybridized carbons (Fsp3) is 0.176. The van der Waals surface area contributed by atoms with Crippen molar-refractivity contribution in [3.63, 3.8) is 0 Å². The van der Waals surface area contributed by atoms with E-state index in [1.54, 1.807) is 18.2 Å². The molecule has 0 heterocycles. The summed E-state index contributed by atoms with van der Waals surface area (Å²) in [5.74, 6) is 0.352. The predicted octanol–water partition coefficient (Wildman–Crippen LogP) is 2.61. The van der Waals surface area contributed by atoms with Gasteiger partial charge in [0.1, 0.15) is 4.99 Å². The van der Waals surface area contributed by atoms with E-state index < -0.39 is 0 Å². The van der Waals surface area contributed by atoms with E-state index in [9.17, 15) is 4.79 Å². The lowest BCUT2D eigenvalue weighted by molar-refractivity contribution is 0.0950. The van der Waals surface area contributed by atoms with Crippen molar-refractivity contribution in [2.75, 3.05) is 0 Å². The van der Waals surface area contributed by atoms with E-state index in [4.69, 9.17) is 18.0 Å². The molecule has 2 unspecified atom stereocenters. The van der Waals surface area contributed by atoms with Gasteiger partial charge in [-0.1, -0.05) is 54.7 Å². The maximum Gasteiger partial charge on any atom is 0.251 e. The summed E-state index contributed by atoms with van der Waals surface area (Å²) in [7, 11) is 0. The van der Waals surface area contributed by atoms with E-state index in [0.717, 1.165) is 6.42 Å². The number of hydrogen-bond acceptors (Lipinski definition) is 2. The molecule has 3 nitrogen and oxygen atoms in total. The molecule has 1 saturated carbocycles. The Kier molecular flexibility index (Phi) is 3.71. The number of nitrogens with one attached hydrogen (secondary N) is 1. The van der Waals surface area contributed by atoms with Gasteiger partial charge < -0.3 is 11.1 Å². The summed E-state index contributed by atoms with van der Waals surface area (Å²) >= 11 is 4.94. The third kappa shape index (κ3) is 3.11. The number of benzene rings is 2. The van der Waals surface area contributed by atoms with Crippen molar-refractivity contribution in [2.45, 2.75) is 18.4 Å². The summed E-state index contributed by atoms with van der Waals surface area (Å²) in [6, 6.07) is 17.6. The highest BCUT2D eigenvalue weighted by Gasteiger charge is 2.39. The molecule has 2 aromatic rings. The van der Waals surface area contributed by atoms with Gasteiger partial charge in [0, 0.05) is 23.1 Å². The molecule has 3 rings (SSSR count). The van der Waals surface area contributed by atoms with E-state index in [-0.39, 0.29) is 11.9 Å². The fourth-order valence-electron chi connectivity index (χ4n) is 2.49. The molecular formula is C17H16N2OS. The van der Waals surface area contributed by atoms with E-state index in [0.29, 0.717) is 22.0 Å². The van der Waals surface area contributed by atoms with Crippen LogP contribution in [0.25, 0.3) is 0 Å². The second-order valence-electron chi connectivity index (χ2n) is 5.28. The number of carbonyl (C=O) groups is 1. The van der Waals surface area contributed by atoms with Crippen molar-refractivity contribution in [3.05, 3.63) is 71.3 Å². The number of hydrogen-bond donors (Lipinski definition) is 2. The van der Waals surface area contributed by atoms with E-state index in [1.807, 2.05) is 24.3 Å². The van der Waals surface area contributed by atoms with Crippen LogP contribution in [0, 0.1) is 0 Å². The topological polar surface area (TPSA) is 55.1 Å². The lowest BCUT2D eigenvalue weighted by Crippen LogP contribution is -2.26. The molecule has 0 radical (unpaired) electrons. The number of rotatable bonds is 4. The zero-order valence-corrected chi connectivity index (χ0v) is 12.3. The molecular weight excluding hydrogens is 280 g/mol. The lowest BCUT2D eigenvalue weighted by atomic mass is 10.1. The first kappa shape index (κ1) is 13.8. The van der Waals surface area contributed by atoms with Gasteiger partial charge in [0.25, 0.3) is 5.91 Å². The van der Waals surface area contributed by atoms with Crippen molar-refractivity contribution in [1.29, 1.82) is 0 Å². The standard InChI is InChI=1S/C17H16N2OS/c18-16(21)12-7-4-8-13(9-12)17(20)19-15-10-14(15)11-5-2-1-3-6-11/h1-9,14-15H,10H2,(H2,18,21)(H,19,20). The number of thiocarbonyl (C=S) groups is 1. The molecule has 4 heteroatoms. The first-order valence-corrected chi connectivity index (χ1v) is 7.31. The fourth-order valence-corrected chi connectivity index (χ4v) is 2.62. The molecule has 21 heavy (non-hydrogen) atoms. The number of carbonyl (C=O) groups excluding carboxylic acids is 1. The molecule has 0 aliphatic heterocycles. The summed E-state index contributed by atoms with van der Waals surface area (Å²) in [4.78, 5) is 12.6. The summed E-state index contributed by atoms with van der Waals surface area (Å²) in [6.07, 6.45) is 0.991. The molecule has 2 aromatic carbocycles. The molecule has 3 N–H and O–H groups in total. The Morgan fingerprint density at radius 2 is 1.81 bits per heavy atom. The van der Waals surface area contributed by atoms with Gasteiger partial charge in [-0.25, -0.2) is 0 Å². The maximum atomic E-state index is 12.3. The molecule has 1 fully saturated rings. The number of nitrogens with two attached hydrogens (primary N) is 1. The van der Waals surface area contributed by atoms with Crippen LogP contribution in [0.5, 0.6) is 0 Å². The van der Waals surface area contributed by atoms with Gasteiger partial charge in [0.05, 0.1) is 0 Å². The smallest absolute Gasteiger partial charge is 0.251 e. The van der Waals surface area contributed by atoms with Crippen molar-refractivity contribution >= 4 is 23.1 Å². The first-order valence-electron chi connectivity index (χ1n) is 6.91. The molecule has 0 bridgehead atoms. The van der Waals surface area contributed by atoms with Crippen molar-refractivity contribution < 1.29 is 4.79 Å². The summed E-state index contributed by atoms with van der Waals surface area (Å²) in [5.41, 5.74) is 8.18. The second-order valence-corrected chi connectivity index (χ2v) is 5.72. The van der Waals surface area contributed by atoms with E-state index >= 15 is 0 Å². The summed E-state index contributed by atoms with van der Waals surface area (Å²) in [5, 5.41) is 3.06. The SMILES string of the molecule is NC(=S)c1cccc(C(=O)NC2CC2c2ccccc2)c1. The van der Waals surface area contributed by atoms with Crippen molar-refractivity contribution in [2.24, 2.45) is 5.73 Å². The molecule has 2 atom stereocenters. The quantitative estimate of drug-likeness (QED) is 0.853. The highest BCUT2D eigenvalue weighted by molar-refractivity contribution is 7.80. The Labute approximate surface area is 129 Å². The average Bonchev–Trinajstić information content (AvgIpc) is 3.27. The van der Waals surface area contributed by atoms with Crippen LogP contribution in [0.3, 0.4) is 0 Å². The zero-order chi connectivity index (χ0) is 14.8. The van der Waals surface area contributed by atoms with E-state index in [2.05, 4.69) is 17.4 Å². The Balaban J connectivity index is 1.66. The Morgan fingerprint density at radius 3 is 2.52 bits per heavy atom. The predicted molar refractivity (Wildman–Crippen MR) is 87.4 cm³/mol. The van der Waals surface area contributed by atoms with Gasteiger partial charge >= 0.3 is 0 Å². The minimum absolute atomic E-state index is 0.0727. The molecule has 0 spiro atoms. The monoisotopic (exact) mass is 296 g/mol. The summed E-state index contributed by atoms with van der Waals surface area (Å²) < 4.78 is 0. The third-order valence-corrected chi connectivity index (χ3v) is 3.98. The number of amides is 1. The molecule has 106 valence electrons. The Morgan fingerprint density at radius 1 is 1.10 bits per heavy atom. The van der Waals surface area contributed by atoms with E-state index in [1.165, 1.54) is 5.56 Å². The minimum atomic E-state index is -0.0727. The third-order valence-electron chi connectivity index (χ3n) is 3.74. The lowest BCUT2D eigenvalue weighted by Gasteiger charge is -2.06. The van der Waals surface area contributed by atoms with Gasteiger partial charge in [-0.2, -0.15) is 0 Å². The molecule has 0 aromatic heterocycles. The van der Waals surface area contributed by atoms with Gasteiger partial charge in [-0.15, -0.1) is 0 Å². The van der Waals surface area contributed by atoms with Gasteiger partial charge in [-0.05, 0) is 24.1 Å². The van der Waals surface area contributed by atoms with Crippen LogP contribution in [0.4, 0.5) is 0 Å². The molecule has 1 aliphatic rings. The molecule has 0 saturated heterocycles. The minimum Gasteiger partial charge on any atom is -0.389 e. The van der Waals surface area contributed by atoms with Crippen LogP contribution in [-0.4, -0.2) is 16.9 Å². The van der Waals surface area contributed by atoms with Crippen LogP contribution in [0.15, 0.2) is 54.6 Å². The van der Waals surface area contributed by atoms with Crippen LogP contribution in [-0.2, 0) is 0 Å². The van der Waals surface area contributed by atoms with Gasteiger partial charge in [0.2, 0.25) is 0 Å². The summed E-state index contributed by atoms with van der Waals surface area (Å²) in [6.45, 7) is 0. The Hall–Kier alpha value is -2.20. The normalized spacial score (nSPS) is 19.8. The second kappa shape index (κ2) is 5.66. The van der Waals surface area contributed by atoms with Crippen LogP contribution in [0.1, 0.15) is 33.8 Å². The van der Waals surface area contributed by atoms with Gasteiger partial charge in [-0.3, -0.25) is 4.79 Å². The van der Waals surface area contributed by atoms with Crippen LogP contribution < -0.4 is 11.1 Å². The van der Waals surface area contributed by atoms with Crippen molar-refractivity contribution in [1.82, 2.24) is 5.32 Å². The largest absolute Gasteiger partial charge is 0.389 e. The average molecular weight is 296 g/mol. The maximum absolute atomic E-state index is 12.3.